The summed E-state index contributed by atoms with van der Waals surface area (Å²) in [5.41, 5.74) is 6.12. The Bertz CT molecular complexity index is 1760. The Labute approximate surface area is 306 Å². The van der Waals surface area contributed by atoms with E-state index in [-0.39, 0.29) is 42.7 Å². The number of carboxylic acid groups (broad SMARTS) is 1. The highest BCUT2D eigenvalue weighted by molar-refractivity contribution is 9.10. The normalized spacial score (nSPS) is 19.1. The quantitative estimate of drug-likeness (QED) is 0.170. The van der Waals surface area contributed by atoms with Gasteiger partial charge in [-0.1, -0.05) is 54.1 Å². The maximum Gasteiger partial charge on any atom is 0.305 e. The predicted octanol–water partition coefficient (Wildman–Crippen LogP) is 5.69. The number of hydrogen-bond donors (Lipinski definition) is 3. The molecule has 0 unspecified atom stereocenters. The number of piperazine rings is 1. The van der Waals surface area contributed by atoms with Gasteiger partial charge >= 0.3 is 5.97 Å². The van der Waals surface area contributed by atoms with Crippen LogP contribution in [0.1, 0.15) is 60.8 Å². The van der Waals surface area contributed by atoms with Gasteiger partial charge in [-0.25, -0.2) is 4.39 Å². The number of amides is 2. The van der Waals surface area contributed by atoms with Crippen LogP contribution in [0, 0.1) is 12.7 Å². The third-order valence-corrected chi connectivity index (χ3v) is 10.5. The molecule has 3 aromatic carbocycles. The van der Waals surface area contributed by atoms with E-state index in [9.17, 15) is 23.9 Å². The minimum absolute atomic E-state index is 0.0134. The number of carbonyl (C=O) groups is 3. The SMILES string of the molecule is Cc1ccc(CCN(C(=O)C2=C(c3ccc(CCCOc4cc(F)ccc4Br)cc3)C[C@@H]3CN(C(=O)C[C@@H](O)CC(=O)O)C[C@H]2N3)C2CC2)cc1. The van der Waals surface area contributed by atoms with Crippen molar-refractivity contribution in [2.24, 2.45) is 0 Å². The summed E-state index contributed by atoms with van der Waals surface area (Å²) in [5.74, 6) is -1.36. The van der Waals surface area contributed by atoms with Gasteiger partial charge in [0.15, 0.2) is 0 Å². The topological polar surface area (TPSA) is 119 Å². The molecule has 51 heavy (non-hydrogen) atoms. The van der Waals surface area contributed by atoms with Gasteiger partial charge in [0.1, 0.15) is 11.6 Å². The molecule has 9 nitrogen and oxygen atoms in total. The van der Waals surface area contributed by atoms with Gasteiger partial charge in [-0.15, -0.1) is 0 Å². The third-order valence-electron chi connectivity index (χ3n) is 9.88. The maximum absolute atomic E-state index is 14.7. The molecule has 2 fully saturated rings. The summed E-state index contributed by atoms with van der Waals surface area (Å²) in [5, 5.41) is 22.9. The van der Waals surface area contributed by atoms with E-state index in [1.165, 1.54) is 23.3 Å². The van der Waals surface area contributed by atoms with Crippen LogP contribution >= 0.6 is 15.9 Å². The fraction of sp³-hybridized carbons (Fsp3) is 0.425. The molecule has 0 radical (unpaired) electrons. The molecule has 270 valence electrons. The number of rotatable bonds is 15. The van der Waals surface area contributed by atoms with Crippen molar-refractivity contribution in [1.29, 1.82) is 0 Å². The lowest BCUT2D eigenvalue weighted by Gasteiger charge is -2.45. The lowest BCUT2D eigenvalue weighted by molar-refractivity contribution is -0.141. The van der Waals surface area contributed by atoms with Crippen LogP contribution in [-0.4, -0.2) is 88.3 Å². The Balaban J connectivity index is 1.21. The Morgan fingerprint density at radius 2 is 1.71 bits per heavy atom. The number of ether oxygens (including phenoxy) is 1. The van der Waals surface area contributed by atoms with Crippen molar-refractivity contribution < 1.29 is 33.7 Å². The first-order valence-corrected chi connectivity index (χ1v) is 18.5. The van der Waals surface area contributed by atoms with Crippen molar-refractivity contribution in [3.63, 3.8) is 0 Å². The summed E-state index contributed by atoms with van der Waals surface area (Å²) in [4.78, 5) is 42.7. The second-order valence-corrected chi connectivity index (χ2v) is 14.8. The van der Waals surface area contributed by atoms with Crippen molar-refractivity contribution in [2.75, 3.05) is 26.2 Å². The van der Waals surface area contributed by atoms with E-state index in [4.69, 9.17) is 9.84 Å². The average Bonchev–Trinajstić information content (AvgIpc) is 3.94. The predicted molar refractivity (Wildman–Crippen MR) is 196 cm³/mol. The number of halogens is 2. The van der Waals surface area contributed by atoms with E-state index in [0.29, 0.717) is 41.9 Å². The molecule has 2 aliphatic heterocycles. The van der Waals surface area contributed by atoms with Crippen LogP contribution in [0.4, 0.5) is 4.39 Å². The standard InChI is InChI=1S/C40H45BrFN3O6/c1-25-4-6-27(7-5-25)16-17-45(31-13-14-31)40(50)39-33(20-30-23-44(24-35(39)43-30)37(47)21-32(46)22-38(48)49)28-10-8-26(9-11-28)3-2-18-51-36-19-29(42)12-15-34(36)41/h4-12,15,19,30-32,35,43,46H,2-3,13-14,16-18,20-24H2,1H3,(H,48,49)/t30-,32-,35-/m1/s1. The zero-order chi connectivity index (χ0) is 36.1. The van der Waals surface area contributed by atoms with Crippen LogP contribution in [0.25, 0.3) is 5.57 Å². The molecule has 2 bridgehead atoms. The summed E-state index contributed by atoms with van der Waals surface area (Å²) in [6.07, 6.45) is 2.68. The summed E-state index contributed by atoms with van der Waals surface area (Å²) < 4.78 is 20.1. The number of aliphatic hydroxyl groups is 1. The van der Waals surface area contributed by atoms with E-state index in [1.807, 2.05) is 4.90 Å². The molecule has 1 saturated heterocycles. The monoisotopic (exact) mass is 761 g/mol. The molecule has 3 N–H and O–H groups in total. The lowest BCUT2D eigenvalue weighted by Crippen LogP contribution is -2.62. The molecule has 3 atom stereocenters. The number of hydrogen-bond acceptors (Lipinski definition) is 6. The van der Waals surface area contributed by atoms with Gasteiger partial charge in [0.25, 0.3) is 5.91 Å². The van der Waals surface area contributed by atoms with E-state index >= 15 is 0 Å². The summed E-state index contributed by atoms with van der Waals surface area (Å²) >= 11 is 3.40. The number of carbonyl (C=O) groups excluding carboxylic acids is 2. The Hall–Kier alpha value is -4.06. The van der Waals surface area contributed by atoms with Gasteiger partial charge < -0.3 is 30.1 Å². The maximum atomic E-state index is 14.7. The second kappa shape index (κ2) is 16.5. The van der Waals surface area contributed by atoms with E-state index < -0.39 is 24.5 Å². The molecular weight excluding hydrogens is 717 g/mol. The number of nitrogens with one attached hydrogen (secondary N) is 1. The van der Waals surface area contributed by atoms with Crippen molar-refractivity contribution in [3.05, 3.63) is 105 Å². The average molecular weight is 763 g/mol. The van der Waals surface area contributed by atoms with Gasteiger partial charge in [-0.3, -0.25) is 14.4 Å². The minimum Gasteiger partial charge on any atom is -0.492 e. The van der Waals surface area contributed by atoms with Gasteiger partial charge in [-0.05, 0) is 95.8 Å². The van der Waals surface area contributed by atoms with Crippen LogP contribution in [0.3, 0.4) is 0 Å². The molecular formula is C40H45BrFN3O6. The lowest BCUT2D eigenvalue weighted by atomic mass is 9.82. The van der Waals surface area contributed by atoms with Gasteiger partial charge in [-0.2, -0.15) is 0 Å². The molecule has 1 aliphatic carbocycles. The molecule has 0 aromatic heterocycles. The molecule has 3 aromatic rings. The smallest absolute Gasteiger partial charge is 0.305 e. The molecule has 1 saturated carbocycles. The number of nitrogens with zero attached hydrogens (tertiary/aromatic N) is 2. The second-order valence-electron chi connectivity index (χ2n) is 14.0. The summed E-state index contributed by atoms with van der Waals surface area (Å²) in [6.45, 7) is 3.75. The largest absolute Gasteiger partial charge is 0.492 e. The number of aliphatic carboxylic acids is 1. The number of carboxylic acids is 1. The Morgan fingerprint density at radius 3 is 2.41 bits per heavy atom. The first-order valence-electron chi connectivity index (χ1n) is 17.7. The summed E-state index contributed by atoms with van der Waals surface area (Å²) in [7, 11) is 0. The van der Waals surface area contributed by atoms with Crippen molar-refractivity contribution in [2.45, 2.75) is 82.5 Å². The minimum atomic E-state index is -1.27. The van der Waals surface area contributed by atoms with Gasteiger partial charge in [0, 0.05) is 43.4 Å². The number of aryl methyl sites for hydroxylation is 2. The zero-order valence-corrected chi connectivity index (χ0v) is 30.4. The van der Waals surface area contributed by atoms with Crippen LogP contribution in [0.2, 0.25) is 0 Å². The number of fused-ring (bicyclic) bond motifs is 2. The highest BCUT2D eigenvalue weighted by atomic mass is 79.9. The third kappa shape index (κ3) is 9.64. The van der Waals surface area contributed by atoms with Crippen molar-refractivity contribution in [1.82, 2.24) is 15.1 Å². The van der Waals surface area contributed by atoms with E-state index in [1.54, 1.807) is 11.0 Å². The Morgan fingerprint density at radius 1 is 1.00 bits per heavy atom. The fourth-order valence-corrected chi connectivity index (χ4v) is 7.45. The first kappa shape index (κ1) is 36.7. The van der Waals surface area contributed by atoms with Crippen LogP contribution in [0.5, 0.6) is 5.75 Å². The highest BCUT2D eigenvalue weighted by Gasteiger charge is 2.43. The van der Waals surface area contributed by atoms with Crippen molar-refractivity contribution in [3.8, 4) is 5.75 Å². The highest BCUT2D eigenvalue weighted by Crippen LogP contribution is 2.37. The fourth-order valence-electron chi connectivity index (χ4n) is 7.09. The molecule has 11 heteroatoms. The van der Waals surface area contributed by atoms with Crippen LogP contribution in [-0.2, 0) is 27.2 Å². The number of benzene rings is 3. The Kier molecular flexibility index (Phi) is 11.9. The van der Waals surface area contributed by atoms with Gasteiger partial charge in [0.2, 0.25) is 5.91 Å². The molecule has 6 rings (SSSR count). The zero-order valence-electron chi connectivity index (χ0n) is 28.8. The van der Waals surface area contributed by atoms with E-state index in [2.05, 4.69) is 76.7 Å². The van der Waals surface area contributed by atoms with Crippen molar-refractivity contribution >= 4 is 39.3 Å². The first-order chi connectivity index (χ1) is 24.5. The number of aliphatic hydroxyl groups excluding tert-OH is 1. The molecule has 2 heterocycles. The van der Waals surface area contributed by atoms with E-state index in [0.717, 1.165) is 48.8 Å². The van der Waals surface area contributed by atoms with Gasteiger partial charge in [0.05, 0.1) is 36.1 Å². The summed E-state index contributed by atoms with van der Waals surface area (Å²) in [6, 6.07) is 20.7. The molecule has 2 amide bonds. The van der Waals surface area contributed by atoms with Crippen LogP contribution in [0.15, 0.2) is 76.8 Å². The van der Waals surface area contributed by atoms with Crippen LogP contribution < -0.4 is 10.1 Å². The molecule has 3 aliphatic rings. The molecule has 0 spiro atoms.